The second kappa shape index (κ2) is 7.47. The van der Waals surface area contributed by atoms with Crippen LogP contribution in [-0.2, 0) is 0 Å². The Morgan fingerprint density at radius 1 is 1.11 bits per heavy atom. The first-order valence-electron chi connectivity index (χ1n) is 6.80. The van der Waals surface area contributed by atoms with E-state index in [-0.39, 0.29) is 17.7 Å². The van der Waals surface area contributed by atoms with Gasteiger partial charge in [-0.25, -0.2) is 8.78 Å². The maximum Gasteiger partial charge on any atom is 0.128 e. The van der Waals surface area contributed by atoms with Crippen molar-refractivity contribution in [1.82, 2.24) is 5.32 Å². The van der Waals surface area contributed by atoms with Crippen molar-refractivity contribution in [2.24, 2.45) is 5.92 Å². The highest BCUT2D eigenvalue weighted by atomic mass is 19.1. The van der Waals surface area contributed by atoms with Crippen molar-refractivity contribution in [1.29, 1.82) is 0 Å². The molecule has 0 fully saturated rings. The minimum Gasteiger partial charge on any atom is -0.310 e. The van der Waals surface area contributed by atoms with Gasteiger partial charge in [0.15, 0.2) is 0 Å². The molecule has 1 rings (SSSR count). The fourth-order valence-electron chi connectivity index (χ4n) is 2.30. The normalized spacial score (nSPS) is 13.0. The summed E-state index contributed by atoms with van der Waals surface area (Å²) >= 11 is 0. The Morgan fingerprint density at radius 3 is 2.33 bits per heavy atom. The Balaban J connectivity index is 2.92. The highest BCUT2D eigenvalue weighted by Gasteiger charge is 2.19. The van der Waals surface area contributed by atoms with E-state index in [1.165, 1.54) is 18.2 Å². The molecule has 0 radical (unpaired) electrons. The number of hydrogen-bond acceptors (Lipinski definition) is 1. The smallest absolute Gasteiger partial charge is 0.128 e. The first-order chi connectivity index (χ1) is 8.62. The van der Waals surface area contributed by atoms with E-state index in [4.69, 9.17) is 0 Å². The quantitative estimate of drug-likeness (QED) is 0.759. The predicted octanol–water partition coefficient (Wildman–Crippen LogP) is 4.44. The summed E-state index contributed by atoms with van der Waals surface area (Å²) in [7, 11) is 0. The number of nitrogens with one attached hydrogen (secondary N) is 1. The third-order valence-corrected chi connectivity index (χ3v) is 3.51. The van der Waals surface area contributed by atoms with Crippen LogP contribution in [0.3, 0.4) is 0 Å². The summed E-state index contributed by atoms with van der Waals surface area (Å²) in [5, 5.41) is 3.26. The molecule has 0 heterocycles. The van der Waals surface area contributed by atoms with E-state index in [1.807, 2.05) is 6.92 Å². The highest BCUT2D eigenvalue weighted by Crippen LogP contribution is 2.27. The summed E-state index contributed by atoms with van der Waals surface area (Å²) < 4.78 is 27.0. The molecule has 0 saturated carbocycles. The standard InChI is InChI=1S/C15H23F2N/c1-4-11(5-2)9-15(18-6-3)13-10-12(16)7-8-14(13)17/h7-8,10-11,15,18H,4-6,9H2,1-3H3. The third-order valence-electron chi connectivity index (χ3n) is 3.51. The van der Waals surface area contributed by atoms with Gasteiger partial charge < -0.3 is 5.32 Å². The molecular formula is C15H23F2N. The molecule has 0 aliphatic rings. The molecule has 0 aliphatic carbocycles. The SMILES string of the molecule is CCNC(CC(CC)CC)c1cc(F)ccc1F. The molecule has 18 heavy (non-hydrogen) atoms. The third kappa shape index (κ3) is 4.05. The van der Waals surface area contributed by atoms with Crippen molar-refractivity contribution in [2.75, 3.05) is 6.54 Å². The predicted molar refractivity (Wildman–Crippen MR) is 71.5 cm³/mol. The monoisotopic (exact) mass is 255 g/mol. The van der Waals surface area contributed by atoms with Crippen molar-refractivity contribution in [2.45, 2.75) is 46.1 Å². The topological polar surface area (TPSA) is 12.0 Å². The molecule has 0 aromatic heterocycles. The molecule has 0 bridgehead atoms. The molecule has 1 atom stereocenters. The van der Waals surface area contributed by atoms with Gasteiger partial charge >= 0.3 is 0 Å². The summed E-state index contributed by atoms with van der Waals surface area (Å²) in [6.45, 7) is 7.01. The summed E-state index contributed by atoms with van der Waals surface area (Å²) in [5.74, 6) is -0.163. The highest BCUT2D eigenvalue weighted by molar-refractivity contribution is 5.22. The van der Waals surface area contributed by atoms with E-state index in [0.717, 1.165) is 25.8 Å². The second-order valence-corrected chi connectivity index (χ2v) is 4.69. The van der Waals surface area contributed by atoms with Crippen molar-refractivity contribution in [3.05, 3.63) is 35.4 Å². The number of halogens is 2. The number of benzene rings is 1. The minimum absolute atomic E-state index is 0.101. The molecule has 0 saturated heterocycles. The Hall–Kier alpha value is -0.960. The zero-order valence-electron chi connectivity index (χ0n) is 11.5. The van der Waals surface area contributed by atoms with E-state index >= 15 is 0 Å². The summed E-state index contributed by atoms with van der Waals surface area (Å²) in [6.07, 6.45) is 2.98. The van der Waals surface area contributed by atoms with Gasteiger partial charge in [0.25, 0.3) is 0 Å². The Kier molecular flexibility index (Phi) is 6.27. The Labute approximate surface area is 109 Å². The lowest BCUT2D eigenvalue weighted by Gasteiger charge is -2.23. The first-order valence-corrected chi connectivity index (χ1v) is 6.80. The molecule has 3 heteroatoms. The molecule has 1 aromatic rings. The average Bonchev–Trinajstić information content (AvgIpc) is 2.37. The van der Waals surface area contributed by atoms with Gasteiger partial charge in [0.05, 0.1) is 0 Å². The molecule has 0 aliphatic heterocycles. The van der Waals surface area contributed by atoms with Crippen molar-refractivity contribution in [3.63, 3.8) is 0 Å². The first kappa shape index (κ1) is 15.1. The number of hydrogen-bond donors (Lipinski definition) is 1. The van der Waals surface area contributed by atoms with Crippen LogP contribution in [-0.4, -0.2) is 6.54 Å². The zero-order valence-corrected chi connectivity index (χ0v) is 11.5. The lowest BCUT2D eigenvalue weighted by molar-refractivity contribution is 0.367. The molecule has 1 N–H and O–H groups in total. The van der Waals surface area contributed by atoms with Gasteiger partial charge in [-0.3, -0.25) is 0 Å². The molecule has 102 valence electrons. The van der Waals surface area contributed by atoms with E-state index in [0.29, 0.717) is 11.5 Å². The van der Waals surface area contributed by atoms with Crippen LogP contribution in [0.1, 0.15) is 51.6 Å². The maximum atomic E-state index is 13.8. The van der Waals surface area contributed by atoms with Crippen molar-refractivity contribution >= 4 is 0 Å². The molecular weight excluding hydrogens is 232 g/mol. The van der Waals surface area contributed by atoms with Crippen LogP contribution >= 0.6 is 0 Å². The molecule has 1 nitrogen and oxygen atoms in total. The van der Waals surface area contributed by atoms with Crippen LogP contribution in [0.15, 0.2) is 18.2 Å². The van der Waals surface area contributed by atoms with Gasteiger partial charge in [0, 0.05) is 11.6 Å². The van der Waals surface area contributed by atoms with Crippen LogP contribution in [0.4, 0.5) is 8.78 Å². The molecule has 1 unspecified atom stereocenters. The fraction of sp³-hybridized carbons (Fsp3) is 0.600. The minimum atomic E-state index is -0.376. The lowest BCUT2D eigenvalue weighted by Crippen LogP contribution is -2.24. The molecule has 0 spiro atoms. The second-order valence-electron chi connectivity index (χ2n) is 4.69. The molecule has 1 aromatic carbocycles. The van der Waals surface area contributed by atoms with E-state index in [1.54, 1.807) is 0 Å². The van der Waals surface area contributed by atoms with Crippen molar-refractivity contribution < 1.29 is 8.78 Å². The van der Waals surface area contributed by atoms with E-state index < -0.39 is 0 Å². The summed E-state index contributed by atoms with van der Waals surface area (Å²) in [4.78, 5) is 0. The van der Waals surface area contributed by atoms with Crippen LogP contribution in [0.25, 0.3) is 0 Å². The van der Waals surface area contributed by atoms with Crippen LogP contribution < -0.4 is 5.32 Å². The average molecular weight is 255 g/mol. The van der Waals surface area contributed by atoms with Crippen molar-refractivity contribution in [3.8, 4) is 0 Å². The maximum absolute atomic E-state index is 13.8. The van der Waals surface area contributed by atoms with Gasteiger partial charge in [0.1, 0.15) is 11.6 Å². The summed E-state index contributed by atoms with van der Waals surface area (Å²) in [6, 6.07) is 3.59. The van der Waals surface area contributed by atoms with Gasteiger partial charge in [-0.1, -0.05) is 33.6 Å². The van der Waals surface area contributed by atoms with Crippen LogP contribution in [0.2, 0.25) is 0 Å². The Morgan fingerprint density at radius 2 is 1.78 bits per heavy atom. The van der Waals surface area contributed by atoms with Gasteiger partial charge in [0.2, 0.25) is 0 Å². The zero-order chi connectivity index (χ0) is 13.5. The van der Waals surface area contributed by atoms with E-state index in [9.17, 15) is 8.78 Å². The van der Waals surface area contributed by atoms with Gasteiger partial charge in [-0.05, 0) is 37.1 Å². The van der Waals surface area contributed by atoms with Gasteiger partial charge in [-0.15, -0.1) is 0 Å². The van der Waals surface area contributed by atoms with E-state index in [2.05, 4.69) is 19.2 Å². The molecule has 0 amide bonds. The largest absolute Gasteiger partial charge is 0.310 e. The Bertz CT molecular complexity index is 362. The van der Waals surface area contributed by atoms with Gasteiger partial charge in [-0.2, -0.15) is 0 Å². The van der Waals surface area contributed by atoms with Crippen LogP contribution in [0.5, 0.6) is 0 Å². The number of rotatable bonds is 7. The fourth-order valence-corrected chi connectivity index (χ4v) is 2.30. The summed E-state index contributed by atoms with van der Waals surface area (Å²) in [5.41, 5.74) is 0.448. The lowest BCUT2D eigenvalue weighted by atomic mass is 9.91. The van der Waals surface area contributed by atoms with Crippen LogP contribution in [0, 0.1) is 17.6 Å².